The average molecular weight is 315 g/mol. The molecule has 1 heterocycles. The van der Waals surface area contributed by atoms with Gasteiger partial charge >= 0.3 is 0 Å². The normalized spacial score (nSPS) is 10.5. The van der Waals surface area contributed by atoms with E-state index in [-0.39, 0.29) is 5.82 Å². The molecule has 0 aliphatic heterocycles. The van der Waals surface area contributed by atoms with Gasteiger partial charge in [0.25, 0.3) is 0 Å². The van der Waals surface area contributed by atoms with Crippen LogP contribution in [0.1, 0.15) is 5.56 Å². The molecule has 0 aliphatic carbocycles. The quantitative estimate of drug-likeness (QED) is 0.871. The molecule has 90 valence electrons. The molecule has 0 unspecified atom stereocenters. The van der Waals surface area contributed by atoms with Gasteiger partial charge in [0.15, 0.2) is 0 Å². The molecule has 0 saturated heterocycles. The Morgan fingerprint density at radius 1 is 1.41 bits per heavy atom. The van der Waals surface area contributed by atoms with Crippen LogP contribution < -0.4 is 10.6 Å². The Balaban J connectivity index is 2.17. The standard InChI is InChI=1S/C12H12BrFN2S/c1-16(6-8-4-12(13)17-7-8)11-3-2-9(15)5-10(11)14/h2-5,7H,6,15H2,1H3. The van der Waals surface area contributed by atoms with Gasteiger partial charge in [-0.15, -0.1) is 11.3 Å². The fourth-order valence-corrected chi connectivity index (χ4v) is 2.82. The van der Waals surface area contributed by atoms with Gasteiger partial charge in [0.1, 0.15) is 5.82 Å². The summed E-state index contributed by atoms with van der Waals surface area (Å²) >= 11 is 5.04. The second-order valence-electron chi connectivity index (χ2n) is 3.83. The van der Waals surface area contributed by atoms with Gasteiger partial charge in [-0.1, -0.05) is 0 Å². The van der Waals surface area contributed by atoms with Gasteiger partial charge in [0.05, 0.1) is 9.47 Å². The summed E-state index contributed by atoms with van der Waals surface area (Å²) in [6, 6.07) is 6.79. The van der Waals surface area contributed by atoms with Crippen molar-refractivity contribution in [1.82, 2.24) is 0 Å². The number of nitrogen functional groups attached to an aromatic ring is 1. The fraction of sp³-hybridized carbons (Fsp3) is 0.167. The Morgan fingerprint density at radius 3 is 2.76 bits per heavy atom. The molecule has 0 radical (unpaired) electrons. The summed E-state index contributed by atoms with van der Waals surface area (Å²) < 4.78 is 14.8. The number of nitrogens with zero attached hydrogens (tertiary/aromatic N) is 1. The van der Waals surface area contributed by atoms with Crippen LogP contribution in [0.15, 0.2) is 33.4 Å². The van der Waals surface area contributed by atoms with Crippen LogP contribution in [0.2, 0.25) is 0 Å². The minimum Gasteiger partial charge on any atom is -0.399 e. The first kappa shape index (κ1) is 12.4. The van der Waals surface area contributed by atoms with Crippen molar-refractivity contribution >= 4 is 38.6 Å². The predicted octanol–water partition coefficient (Wildman–Crippen LogP) is 3.87. The van der Waals surface area contributed by atoms with Gasteiger partial charge in [0.2, 0.25) is 0 Å². The van der Waals surface area contributed by atoms with E-state index >= 15 is 0 Å². The molecule has 2 nitrogen and oxygen atoms in total. The lowest BCUT2D eigenvalue weighted by molar-refractivity contribution is 0.623. The number of hydrogen-bond donors (Lipinski definition) is 1. The van der Waals surface area contributed by atoms with Crippen molar-refractivity contribution < 1.29 is 4.39 Å². The van der Waals surface area contributed by atoms with E-state index in [1.54, 1.807) is 23.5 Å². The summed E-state index contributed by atoms with van der Waals surface area (Å²) in [5.41, 5.74) is 7.67. The summed E-state index contributed by atoms with van der Waals surface area (Å²) in [6.45, 7) is 0.670. The highest BCUT2D eigenvalue weighted by molar-refractivity contribution is 9.11. The van der Waals surface area contributed by atoms with Gasteiger partial charge in [-0.3, -0.25) is 0 Å². The van der Waals surface area contributed by atoms with Crippen LogP contribution in [-0.4, -0.2) is 7.05 Å². The molecule has 0 spiro atoms. The first-order chi connectivity index (χ1) is 8.06. The maximum atomic E-state index is 13.7. The molecule has 2 aromatic rings. The van der Waals surface area contributed by atoms with Crippen molar-refractivity contribution in [2.24, 2.45) is 0 Å². The topological polar surface area (TPSA) is 29.3 Å². The van der Waals surface area contributed by atoms with Gasteiger partial charge in [-0.25, -0.2) is 4.39 Å². The van der Waals surface area contributed by atoms with E-state index < -0.39 is 0 Å². The molecular weight excluding hydrogens is 303 g/mol. The first-order valence-electron chi connectivity index (χ1n) is 5.05. The molecule has 0 fully saturated rings. The molecule has 1 aromatic heterocycles. The average Bonchev–Trinajstić information content (AvgIpc) is 2.63. The highest BCUT2D eigenvalue weighted by Crippen LogP contribution is 2.25. The van der Waals surface area contributed by atoms with Crippen molar-refractivity contribution in [1.29, 1.82) is 0 Å². The van der Waals surface area contributed by atoms with Crippen LogP contribution in [-0.2, 0) is 6.54 Å². The van der Waals surface area contributed by atoms with Crippen molar-refractivity contribution in [2.45, 2.75) is 6.54 Å². The minimum atomic E-state index is -0.290. The van der Waals surface area contributed by atoms with Crippen LogP contribution in [0, 0.1) is 5.82 Å². The maximum absolute atomic E-state index is 13.7. The minimum absolute atomic E-state index is 0.290. The molecule has 0 aliphatic rings. The molecule has 17 heavy (non-hydrogen) atoms. The molecule has 0 atom stereocenters. The van der Waals surface area contributed by atoms with Crippen molar-refractivity contribution in [2.75, 3.05) is 17.7 Å². The van der Waals surface area contributed by atoms with Gasteiger partial charge in [0, 0.05) is 19.3 Å². The molecule has 2 N–H and O–H groups in total. The number of anilines is 2. The third kappa shape index (κ3) is 2.98. The zero-order valence-electron chi connectivity index (χ0n) is 9.28. The number of nitrogens with two attached hydrogens (primary N) is 1. The third-order valence-electron chi connectivity index (χ3n) is 2.42. The van der Waals surface area contributed by atoms with Gasteiger partial charge < -0.3 is 10.6 Å². The molecule has 2 rings (SSSR count). The zero-order chi connectivity index (χ0) is 12.4. The predicted molar refractivity (Wildman–Crippen MR) is 74.9 cm³/mol. The monoisotopic (exact) mass is 314 g/mol. The summed E-state index contributed by atoms with van der Waals surface area (Å²) in [5, 5.41) is 2.05. The zero-order valence-corrected chi connectivity index (χ0v) is 11.7. The Hall–Kier alpha value is -1.07. The number of rotatable bonds is 3. The number of hydrogen-bond acceptors (Lipinski definition) is 3. The van der Waals surface area contributed by atoms with Crippen molar-refractivity contribution in [3.8, 4) is 0 Å². The Bertz CT molecular complexity index is 527. The lowest BCUT2D eigenvalue weighted by Gasteiger charge is -2.19. The van der Waals surface area contributed by atoms with Crippen LogP contribution in [0.3, 0.4) is 0 Å². The van der Waals surface area contributed by atoms with Crippen LogP contribution >= 0.6 is 27.3 Å². The lowest BCUT2D eigenvalue weighted by atomic mass is 10.2. The van der Waals surface area contributed by atoms with Crippen LogP contribution in [0.25, 0.3) is 0 Å². The van der Waals surface area contributed by atoms with Crippen LogP contribution in [0.5, 0.6) is 0 Å². The van der Waals surface area contributed by atoms with Crippen LogP contribution in [0.4, 0.5) is 15.8 Å². The molecular formula is C12H12BrFN2S. The van der Waals surface area contributed by atoms with E-state index in [9.17, 15) is 4.39 Å². The maximum Gasteiger partial charge on any atom is 0.148 e. The van der Waals surface area contributed by atoms with E-state index in [0.29, 0.717) is 17.9 Å². The number of benzene rings is 1. The van der Waals surface area contributed by atoms with E-state index in [1.807, 2.05) is 18.0 Å². The van der Waals surface area contributed by atoms with E-state index in [4.69, 9.17) is 5.73 Å². The van der Waals surface area contributed by atoms with Gasteiger partial charge in [-0.05, 0) is 51.1 Å². The molecule has 0 bridgehead atoms. The Kier molecular flexibility index (Phi) is 3.69. The Morgan fingerprint density at radius 2 is 2.18 bits per heavy atom. The molecule has 5 heteroatoms. The Labute approximate surface area is 112 Å². The summed E-state index contributed by atoms with van der Waals surface area (Å²) in [4.78, 5) is 1.86. The molecule has 0 amide bonds. The fourth-order valence-electron chi connectivity index (χ4n) is 1.62. The number of halogens is 2. The highest BCUT2D eigenvalue weighted by Gasteiger charge is 2.09. The third-order valence-corrected chi connectivity index (χ3v) is 3.98. The molecule has 0 saturated carbocycles. The largest absolute Gasteiger partial charge is 0.399 e. The van der Waals surface area contributed by atoms with Gasteiger partial charge in [-0.2, -0.15) is 0 Å². The van der Waals surface area contributed by atoms with Crippen molar-refractivity contribution in [3.63, 3.8) is 0 Å². The second kappa shape index (κ2) is 5.06. The molecule has 1 aromatic carbocycles. The highest BCUT2D eigenvalue weighted by atomic mass is 79.9. The SMILES string of the molecule is CN(Cc1csc(Br)c1)c1ccc(N)cc1F. The van der Waals surface area contributed by atoms with E-state index in [2.05, 4.69) is 21.3 Å². The first-order valence-corrected chi connectivity index (χ1v) is 6.72. The van der Waals surface area contributed by atoms with Crippen molar-refractivity contribution in [3.05, 3.63) is 44.8 Å². The number of thiophene rings is 1. The van der Waals surface area contributed by atoms with E-state index in [0.717, 1.165) is 9.35 Å². The summed E-state index contributed by atoms with van der Waals surface area (Å²) in [5.74, 6) is -0.290. The summed E-state index contributed by atoms with van der Waals surface area (Å²) in [7, 11) is 1.86. The summed E-state index contributed by atoms with van der Waals surface area (Å²) in [6.07, 6.45) is 0. The second-order valence-corrected chi connectivity index (χ2v) is 6.12. The van der Waals surface area contributed by atoms with E-state index in [1.165, 1.54) is 6.07 Å². The smallest absolute Gasteiger partial charge is 0.148 e. The lowest BCUT2D eigenvalue weighted by Crippen LogP contribution is -2.17.